The zero-order valence-electron chi connectivity index (χ0n) is 9.03. The molecular weight excluding hydrogens is 267 g/mol. The summed E-state index contributed by atoms with van der Waals surface area (Å²) >= 11 is 0. The third-order valence-electron chi connectivity index (χ3n) is 2.97. The summed E-state index contributed by atoms with van der Waals surface area (Å²) in [7, 11) is -5.35. The lowest BCUT2D eigenvalue weighted by molar-refractivity contribution is -0.0436. The van der Waals surface area contributed by atoms with Crippen molar-refractivity contribution in [3.05, 3.63) is 29.8 Å². The van der Waals surface area contributed by atoms with E-state index in [2.05, 4.69) is 0 Å². The molecule has 0 amide bonds. The van der Waals surface area contributed by atoms with E-state index >= 15 is 0 Å². The zero-order valence-corrected chi connectivity index (χ0v) is 9.85. The van der Waals surface area contributed by atoms with Crippen molar-refractivity contribution in [1.29, 1.82) is 5.26 Å². The molecule has 1 saturated carbocycles. The van der Waals surface area contributed by atoms with Crippen molar-refractivity contribution in [3.8, 4) is 6.07 Å². The molecule has 0 aliphatic heterocycles. The van der Waals surface area contributed by atoms with Gasteiger partial charge >= 0.3 is 5.51 Å². The molecule has 2 rings (SSSR count). The summed E-state index contributed by atoms with van der Waals surface area (Å²) in [5, 5.41) is 8.94. The molecule has 0 heterocycles. The lowest BCUT2D eigenvalue weighted by atomic mass is 9.98. The molecule has 1 fully saturated rings. The first-order chi connectivity index (χ1) is 8.23. The number of rotatable bonds is 2. The summed E-state index contributed by atoms with van der Waals surface area (Å²) in [6, 6.07) is 6.55. The first-order valence-electron chi connectivity index (χ1n) is 5.06. The number of halogens is 3. The summed E-state index contributed by atoms with van der Waals surface area (Å²) in [6.07, 6.45) is 1.08. The third-order valence-corrected chi connectivity index (χ3v) is 4.45. The highest BCUT2D eigenvalue weighted by molar-refractivity contribution is 7.92. The minimum atomic E-state index is -5.35. The van der Waals surface area contributed by atoms with Gasteiger partial charge in [0.2, 0.25) is 0 Å². The Morgan fingerprint density at radius 3 is 2.33 bits per heavy atom. The maximum atomic E-state index is 12.4. The van der Waals surface area contributed by atoms with E-state index in [1.165, 1.54) is 12.1 Å². The fourth-order valence-electron chi connectivity index (χ4n) is 1.68. The summed E-state index contributed by atoms with van der Waals surface area (Å²) in [5.74, 6) is 0. The van der Waals surface area contributed by atoms with Crippen LogP contribution in [0.25, 0.3) is 0 Å². The molecule has 0 saturated heterocycles. The molecule has 18 heavy (non-hydrogen) atoms. The van der Waals surface area contributed by atoms with Crippen LogP contribution >= 0.6 is 0 Å². The largest absolute Gasteiger partial charge is 0.501 e. The van der Waals surface area contributed by atoms with E-state index in [4.69, 9.17) is 5.26 Å². The predicted octanol–water partition coefficient (Wildman–Crippen LogP) is 2.54. The standard InChI is InChI=1S/C11H8F3NO2S/c12-11(13,14)18(16,17)9-3-1-2-8(6-9)10(7-15)4-5-10/h1-3,6H,4-5H2. The summed E-state index contributed by atoms with van der Waals surface area (Å²) in [5.41, 5.74) is -5.80. The van der Waals surface area contributed by atoms with Crippen molar-refractivity contribution < 1.29 is 21.6 Å². The van der Waals surface area contributed by atoms with Crippen LogP contribution in [0.4, 0.5) is 13.2 Å². The van der Waals surface area contributed by atoms with Gasteiger partial charge in [-0.3, -0.25) is 0 Å². The Labute approximate surface area is 102 Å². The van der Waals surface area contributed by atoms with Gasteiger partial charge in [-0.2, -0.15) is 18.4 Å². The summed E-state index contributed by atoms with van der Waals surface area (Å²) < 4.78 is 59.6. The molecule has 3 nitrogen and oxygen atoms in total. The van der Waals surface area contributed by atoms with E-state index in [0.717, 1.165) is 12.1 Å². The smallest absolute Gasteiger partial charge is 0.214 e. The first-order valence-corrected chi connectivity index (χ1v) is 6.54. The van der Waals surface area contributed by atoms with Gasteiger partial charge in [0, 0.05) is 0 Å². The van der Waals surface area contributed by atoms with E-state index in [-0.39, 0.29) is 0 Å². The third kappa shape index (κ3) is 1.86. The number of alkyl halides is 3. The molecule has 1 aliphatic rings. The van der Waals surface area contributed by atoms with E-state index in [9.17, 15) is 21.6 Å². The summed E-state index contributed by atoms with van der Waals surface area (Å²) in [4.78, 5) is -0.811. The van der Waals surface area contributed by atoms with Crippen LogP contribution in [0.15, 0.2) is 29.2 Å². The van der Waals surface area contributed by atoms with Crippen LogP contribution in [0.1, 0.15) is 18.4 Å². The molecule has 0 radical (unpaired) electrons. The van der Waals surface area contributed by atoms with Crippen LogP contribution in [0.3, 0.4) is 0 Å². The van der Waals surface area contributed by atoms with Gasteiger partial charge in [-0.15, -0.1) is 0 Å². The number of hydrogen-bond acceptors (Lipinski definition) is 3. The van der Waals surface area contributed by atoms with Crippen LogP contribution in [0, 0.1) is 11.3 Å². The number of nitriles is 1. The highest BCUT2D eigenvalue weighted by Crippen LogP contribution is 2.48. The van der Waals surface area contributed by atoms with Gasteiger partial charge in [-0.25, -0.2) is 8.42 Å². The van der Waals surface area contributed by atoms with Crippen molar-refractivity contribution >= 4 is 9.84 Å². The lowest BCUT2D eigenvalue weighted by Crippen LogP contribution is -2.23. The monoisotopic (exact) mass is 275 g/mol. The predicted molar refractivity (Wildman–Crippen MR) is 56.2 cm³/mol. The maximum Gasteiger partial charge on any atom is 0.501 e. The number of nitrogens with zero attached hydrogens (tertiary/aromatic N) is 1. The van der Waals surface area contributed by atoms with Crippen molar-refractivity contribution in [1.82, 2.24) is 0 Å². The average Bonchev–Trinajstić information content (AvgIpc) is 3.08. The number of sulfone groups is 1. The van der Waals surface area contributed by atoms with Gasteiger partial charge in [-0.1, -0.05) is 12.1 Å². The lowest BCUT2D eigenvalue weighted by Gasteiger charge is -2.11. The van der Waals surface area contributed by atoms with E-state index < -0.39 is 25.7 Å². The second-order valence-electron chi connectivity index (χ2n) is 4.17. The minimum absolute atomic E-state index is 0.329. The molecule has 7 heteroatoms. The molecule has 0 N–H and O–H groups in total. The van der Waals surface area contributed by atoms with E-state index in [0.29, 0.717) is 18.4 Å². The van der Waals surface area contributed by atoms with Crippen molar-refractivity contribution in [2.24, 2.45) is 0 Å². The van der Waals surface area contributed by atoms with Crippen molar-refractivity contribution in [2.75, 3.05) is 0 Å². The second kappa shape index (κ2) is 3.72. The van der Waals surface area contributed by atoms with Crippen LogP contribution in [0.2, 0.25) is 0 Å². The van der Waals surface area contributed by atoms with Crippen molar-refractivity contribution in [2.45, 2.75) is 28.7 Å². The zero-order chi connectivity index (χ0) is 13.6. The van der Waals surface area contributed by atoms with Crippen LogP contribution < -0.4 is 0 Å². The summed E-state index contributed by atoms with van der Waals surface area (Å²) in [6.45, 7) is 0. The Kier molecular flexibility index (Phi) is 2.66. The van der Waals surface area contributed by atoms with Crippen LogP contribution in [-0.2, 0) is 15.3 Å². The highest BCUT2D eigenvalue weighted by atomic mass is 32.2. The fraction of sp³-hybridized carbons (Fsp3) is 0.364. The van der Waals surface area contributed by atoms with Crippen LogP contribution in [-0.4, -0.2) is 13.9 Å². The van der Waals surface area contributed by atoms with Gasteiger partial charge in [0.25, 0.3) is 9.84 Å². The Bertz CT molecular complexity index is 624. The van der Waals surface area contributed by atoms with Crippen LogP contribution in [0.5, 0.6) is 0 Å². The molecule has 0 aromatic heterocycles. The Hall–Kier alpha value is -1.55. The average molecular weight is 275 g/mol. The molecule has 96 valence electrons. The molecule has 1 aliphatic carbocycles. The van der Waals surface area contributed by atoms with E-state index in [1.54, 1.807) is 0 Å². The quantitative estimate of drug-likeness (QED) is 0.833. The normalized spacial score (nSPS) is 18.1. The molecular formula is C11H8F3NO2S. The minimum Gasteiger partial charge on any atom is -0.214 e. The molecule has 1 aromatic rings. The number of benzene rings is 1. The van der Waals surface area contributed by atoms with Gasteiger partial charge in [0.15, 0.2) is 0 Å². The van der Waals surface area contributed by atoms with Gasteiger partial charge in [0.1, 0.15) is 0 Å². The van der Waals surface area contributed by atoms with Crippen molar-refractivity contribution in [3.63, 3.8) is 0 Å². The Morgan fingerprint density at radius 1 is 1.28 bits per heavy atom. The molecule has 0 bridgehead atoms. The van der Waals surface area contributed by atoms with Gasteiger partial charge < -0.3 is 0 Å². The number of hydrogen-bond donors (Lipinski definition) is 0. The molecule has 0 spiro atoms. The van der Waals surface area contributed by atoms with E-state index in [1.807, 2.05) is 6.07 Å². The Balaban J connectivity index is 2.51. The SMILES string of the molecule is N#CC1(c2cccc(S(=O)(=O)C(F)(F)F)c2)CC1. The Morgan fingerprint density at radius 2 is 1.89 bits per heavy atom. The molecule has 1 aromatic carbocycles. The first kappa shape index (κ1) is 12.9. The topological polar surface area (TPSA) is 57.9 Å². The highest BCUT2D eigenvalue weighted by Gasteiger charge is 2.49. The maximum absolute atomic E-state index is 12.4. The van der Waals surface area contributed by atoms with Gasteiger partial charge in [-0.05, 0) is 30.5 Å². The fourth-order valence-corrected chi connectivity index (χ4v) is 2.49. The molecule has 0 atom stereocenters. The molecule has 0 unspecified atom stereocenters. The second-order valence-corrected chi connectivity index (χ2v) is 6.11. The van der Waals surface area contributed by atoms with Gasteiger partial charge in [0.05, 0.1) is 16.4 Å².